The van der Waals surface area contributed by atoms with Gasteiger partial charge in [-0.25, -0.2) is 5.01 Å². The molecule has 1 aliphatic heterocycles. The minimum absolute atomic E-state index is 0.0362. The van der Waals surface area contributed by atoms with Gasteiger partial charge in [-0.3, -0.25) is 18.9 Å². The molecule has 0 spiro atoms. The largest absolute Gasteiger partial charge is 0.466 e. The van der Waals surface area contributed by atoms with E-state index in [1.54, 1.807) is 13.0 Å². The summed E-state index contributed by atoms with van der Waals surface area (Å²) < 4.78 is 35.7. The van der Waals surface area contributed by atoms with Gasteiger partial charge in [0.05, 0.1) is 23.6 Å². The van der Waals surface area contributed by atoms with E-state index in [-0.39, 0.29) is 29.4 Å². The quantitative estimate of drug-likeness (QED) is 0.354. The monoisotopic (exact) mass is 440 g/mol. The second-order valence-corrected chi connectivity index (χ2v) is 7.96. The molecule has 2 rings (SSSR count). The molecule has 30 heavy (non-hydrogen) atoms. The SMILES string of the molecule is CCCC(=O)CC(=O)OCC.CCCC1=NN(c2cccc(S(=O)(=O)O)c2)C(=O)C1. The maximum Gasteiger partial charge on any atom is 0.313 e. The lowest BCUT2D eigenvalue weighted by Gasteiger charge is -2.12. The van der Waals surface area contributed by atoms with Crippen molar-refractivity contribution in [3.63, 3.8) is 0 Å². The van der Waals surface area contributed by atoms with Gasteiger partial charge in [-0.15, -0.1) is 0 Å². The first-order valence-corrected chi connectivity index (χ1v) is 11.2. The van der Waals surface area contributed by atoms with Crippen molar-refractivity contribution in [1.29, 1.82) is 0 Å². The van der Waals surface area contributed by atoms with Crippen LogP contribution in [0.1, 0.15) is 59.3 Å². The summed E-state index contributed by atoms with van der Waals surface area (Å²) in [5, 5.41) is 5.36. The average Bonchev–Trinajstić information content (AvgIpc) is 3.02. The molecule has 10 heteroatoms. The Bertz CT molecular complexity index is 878. The molecule has 1 amide bonds. The van der Waals surface area contributed by atoms with Crippen LogP contribution in [0.5, 0.6) is 0 Å². The topological polar surface area (TPSA) is 130 Å². The fraction of sp³-hybridized carbons (Fsp3) is 0.500. The van der Waals surface area contributed by atoms with E-state index in [4.69, 9.17) is 4.55 Å². The number of rotatable bonds is 9. The molecule has 0 aliphatic carbocycles. The molecular weight excluding hydrogens is 412 g/mol. The Hall–Kier alpha value is -2.59. The van der Waals surface area contributed by atoms with Crippen LogP contribution in [0.3, 0.4) is 0 Å². The molecule has 9 nitrogen and oxygen atoms in total. The van der Waals surface area contributed by atoms with E-state index in [0.717, 1.165) is 25.0 Å². The molecule has 0 bridgehead atoms. The van der Waals surface area contributed by atoms with Crippen molar-refractivity contribution in [3.8, 4) is 0 Å². The molecule has 1 aliphatic rings. The van der Waals surface area contributed by atoms with E-state index in [0.29, 0.717) is 18.7 Å². The third-order valence-electron chi connectivity index (χ3n) is 3.91. The number of carbonyl (C=O) groups is 3. The molecule has 0 fully saturated rings. The predicted octanol–water partition coefficient (Wildman–Crippen LogP) is 3.13. The number of esters is 1. The van der Waals surface area contributed by atoms with Gasteiger partial charge in [-0.05, 0) is 38.0 Å². The van der Waals surface area contributed by atoms with Crippen LogP contribution >= 0.6 is 0 Å². The van der Waals surface area contributed by atoms with E-state index in [1.165, 1.54) is 23.2 Å². The summed E-state index contributed by atoms with van der Waals surface area (Å²) in [7, 11) is -4.28. The van der Waals surface area contributed by atoms with Crippen molar-refractivity contribution < 1.29 is 32.1 Å². The Morgan fingerprint density at radius 3 is 2.47 bits per heavy atom. The fourth-order valence-electron chi connectivity index (χ4n) is 2.63. The Morgan fingerprint density at radius 2 is 1.90 bits per heavy atom. The van der Waals surface area contributed by atoms with Gasteiger partial charge in [-0.1, -0.05) is 26.3 Å². The minimum Gasteiger partial charge on any atom is -0.466 e. The first-order chi connectivity index (χ1) is 14.1. The van der Waals surface area contributed by atoms with E-state index in [2.05, 4.69) is 9.84 Å². The van der Waals surface area contributed by atoms with Crippen LogP contribution in [0.25, 0.3) is 0 Å². The highest BCUT2D eigenvalue weighted by Gasteiger charge is 2.25. The van der Waals surface area contributed by atoms with Gasteiger partial charge in [0, 0.05) is 12.1 Å². The van der Waals surface area contributed by atoms with Gasteiger partial charge < -0.3 is 4.74 Å². The number of hydrogen-bond donors (Lipinski definition) is 1. The maximum absolute atomic E-state index is 11.8. The number of anilines is 1. The molecule has 0 saturated carbocycles. The summed E-state index contributed by atoms with van der Waals surface area (Å²) in [5.41, 5.74) is 1.12. The Morgan fingerprint density at radius 1 is 1.20 bits per heavy atom. The molecular formula is C20H28N2O7S. The van der Waals surface area contributed by atoms with Crippen molar-refractivity contribution in [2.75, 3.05) is 11.6 Å². The van der Waals surface area contributed by atoms with Crippen molar-refractivity contribution in [3.05, 3.63) is 24.3 Å². The summed E-state index contributed by atoms with van der Waals surface area (Å²) in [6.45, 7) is 5.97. The highest BCUT2D eigenvalue weighted by Crippen LogP contribution is 2.24. The number of nitrogens with zero attached hydrogens (tertiary/aromatic N) is 2. The molecule has 0 unspecified atom stereocenters. The number of carbonyl (C=O) groups excluding carboxylic acids is 3. The lowest BCUT2D eigenvalue weighted by molar-refractivity contribution is -0.145. The number of hydrogen-bond acceptors (Lipinski definition) is 7. The molecule has 1 N–H and O–H groups in total. The van der Waals surface area contributed by atoms with E-state index >= 15 is 0 Å². The molecule has 1 aromatic rings. The molecule has 0 saturated heterocycles. The normalized spacial score (nSPS) is 13.4. The number of benzene rings is 1. The number of hydrazone groups is 1. The van der Waals surface area contributed by atoms with Crippen molar-refractivity contribution >= 4 is 39.2 Å². The third kappa shape index (κ3) is 8.42. The van der Waals surface area contributed by atoms with Crippen molar-refractivity contribution in [1.82, 2.24) is 0 Å². The molecule has 166 valence electrons. The number of amides is 1. The minimum atomic E-state index is -4.28. The van der Waals surface area contributed by atoms with Gasteiger partial charge in [0.1, 0.15) is 12.2 Å². The second kappa shape index (κ2) is 12.2. The van der Waals surface area contributed by atoms with Gasteiger partial charge in [0.15, 0.2) is 0 Å². The highest BCUT2D eigenvalue weighted by molar-refractivity contribution is 7.85. The number of ketones is 1. The van der Waals surface area contributed by atoms with Crippen LogP contribution in [0.2, 0.25) is 0 Å². The zero-order chi connectivity index (χ0) is 22.7. The van der Waals surface area contributed by atoms with Crippen LogP contribution in [0.4, 0.5) is 5.69 Å². The molecule has 0 aromatic heterocycles. The predicted molar refractivity (Wildman–Crippen MR) is 112 cm³/mol. The van der Waals surface area contributed by atoms with Gasteiger partial charge >= 0.3 is 5.97 Å². The smallest absolute Gasteiger partial charge is 0.313 e. The van der Waals surface area contributed by atoms with Gasteiger partial charge in [0.25, 0.3) is 16.0 Å². The highest BCUT2D eigenvalue weighted by atomic mass is 32.2. The molecule has 1 heterocycles. The van der Waals surface area contributed by atoms with Crippen LogP contribution < -0.4 is 5.01 Å². The summed E-state index contributed by atoms with van der Waals surface area (Å²) in [4.78, 5) is 33.1. The lowest BCUT2D eigenvalue weighted by Crippen LogP contribution is -2.19. The van der Waals surface area contributed by atoms with Crippen molar-refractivity contribution in [2.45, 2.75) is 64.2 Å². The Balaban J connectivity index is 0.000000352. The summed E-state index contributed by atoms with van der Waals surface area (Å²) in [6.07, 6.45) is 3.08. The lowest BCUT2D eigenvalue weighted by atomic mass is 10.2. The zero-order valence-electron chi connectivity index (χ0n) is 17.5. The molecule has 0 radical (unpaired) electrons. The third-order valence-corrected chi connectivity index (χ3v) is 4.76. The van der Waals surface area contributed by atoms with E-state index < -0.39 is 16.1 Å². The van der Waals surface area contributed by atoms with Crippen LogP contribution in [-0.4, -0.2) is 42.9 Å². The summed E-state index contributed by atoms with van der Waals surface area (Å²) in [6, 6.07) is 5.52. The van der Waals surface area contributed by atoms with Crippen LogP contribution in [-0.2, 0) is 29.2 Å². The van der Waals surface area contributed by atoms with Crippen LogP contribution in [0.15, 0.2) is 34.3 Å². The fourth-order valence-corrected chi connectivity index (χ4v) is 3.15. The summed E-state index contributed by atoms with van der Waals surface area (Å²) >= 11 is 0. The Kier molecular flexibility index (Phi) is 10.3. The average molecular weight is 441 g/mol. The van der Waals surface area contributed by atoms with E-state index in [1.807, 2.05) is 13.8 Å². The van der Waals surface area contributed by atoms with Gasteiger partial charge in [-0.2, -0.15) is 13.5 Å². The second-order valence-electron chi connectivity index (χ2n) is 6.54. The number of Topliss-reactive ketones (excluding diaryl/α,β-unsaturated/α-hetero) is 1. The number of ether oxygens (including phenoxy) is 1. The molecule has 1 aromatic carbocycles. The van der Waals surface area contributed by atoms with E-state index in [9.17, 15) is 22.8 Å². The first kappa shape index (κ1) is 25.4. The standard InChI is InChI=1S/C12H14N2O4S.C8H14O3/c1-2-4-9-7-12(15)14(13-9)10-5-3-6-11(8-10)19(16,17)18;1-3-5-7(9)6-8(10)11-4-2/h3,5-6,8H,2,4,7H2,1H3,(H,16,17,18);3-6H2,1-2H3. The maximum atomic E-state index is 11.8. The Labute approximate surface area is 176 Å². The zero-order valence-corrected chi connectivity index (χ0v) is 18.3. The molecule has 0 atom stereocenters. The van der Waals surface area contributed by atoms with Gasteiger partial charge in [0.2, 0.25) is 0 Å². The first-order valence-electron chi connectivity index (χ1n) is 9.76. The van der Waals surface area contributed by atoms with Crippen LogP contribution in [0, 0.1) is 0 Å². The van der Waals surface area contributed by atoms with Crippen molar-refractivity contribution in [2.24, 2.45) is 5.10 Å². The summed E-state index contributed by atoms with van der Waals surface area (Å²) in [5.74, 6) is -0.646.